The lowest BCUT2D eigenvalue weighted by Gasteiger charge is -2.25. The first-order valence-electron chi connectivity index (χ1n) is 4.96. The van der Waals surface area contributed by atoms with Crippen molar-refractivity contribution in [1.82, 2.24) is 9.88 Å². The van der Waals surface area contributed by atoms with Crippen LogP contribution in [0.4, 0.5) is 0 Å². The van der Waals surface area contributed by atoms with Gasteiger partial charge in [0.15, 0.2) is 5.43 Å². The fraction of sp³-hybridized carbons (Fsp3) is 0.455. The maximum absolute atomic E-state index is 11.8. The van der Waals surface area contributed by atoms with Crippen molar-refractivity contribution in [2.45, 2.75) is 19.4 Å². The van der Waals surface area contributed by atoms with Crippen molar-refractivity contribution in [2.24, 2.45) is 0 Å². The van der Waals surface area contributed by atoms with E-state index in [9.17, 15) is 14.7 Å². The van der Waals surface area contributed by atoms with Crippen molar-refractivity contribution in [2.75, 3.05) is 13.6 Å². The number of amides is 1. The van der Waals surface area contributed by atoms with Crippen LogP contribution in [0.5, 0.6) is 0 Å². The molecule has 0 spiro atoms. The second-order valence-electron chi connectivity index (χ2n) is 4.40. The van der Waals surface area contributed by atoms with Gasteiger partial charge in [-0.15, -0.1) is 0 Å². The molecule has 0 radical (unpaired) electrons. The summed E-state index contributed by atoms with van der Waals surface area (Å²) in [5.74, 6) is -0.399. The van der Waals surface area contributed by atoms with Crippen LogP contribution >= 0.6 is 0 Å². The largest absolute Gasteiger partial charge is 0.389 e. The summed E-state index contributed by atoms with van der Waals surface area (Å²) in [6, 6.07) is 1.30. The van der Waals surface area contributed by atoms with Gasteiger partial charge in [0.05, 0.1) is 5.60 Å². The summed E-state index contributed by atoms with van der Waals surface area (Å²) >= 11 is 0. The Morgan fingerprint density at radius 1 is 1.56 bits per heavy atom. The Balaban J connectivity index is 2.87. The van der Waals surface area contributed by atoms with Gasteiger partial charge in [0, 0.05) is 32.1 Å². The molecule has 1 rings (SSSR count). The van der Waals surface area contributed by atoms with Gasteiger partial charge in [0.1, 0.15) is 5.56 Å². The van der Waals surface area contributed by atoms with Crippen molar-refractivity contribution in [3.05, 3.63) is 34.2 Å². The summed E-state index contributed by atoms with van der Waals surface area (Å²) < 4.78 is 0. The molecule has 1 heterocycles. The lowest BCUT2D eigenvalue weighted by Crippen LogP contribution is -2.41. The van der Waals surface area contributed by atoms with E-state index in [4.69, 9.17) is 0 Å². The van der Waals surface area contributed by atoms with Gasteiger partial charge in [0.2, 0.25) is 0 Å². The average molecular weight is 224 g/mol. The van der Waals surface area contributed by atoms with Crippen molar-refractivity contribution in [3.63, 3.8) is 0 Å². The number of H-pyrrole nitrogens is 1. The van der Waals surface area contributed by atoms with Gasteiger partial charge in [-0.2, -0.15) is 0 Å². The number of aliphatic hydroxyl groups is 1. The zero-order chi connectivity index (χ0) is 12.3. The molecule has 0 bridgehead atoms. The number of likely N-dealkylation sites (N-methyl/N-ethyl adjacent to an activating group) is 1. The van der Waals surface area contributed by atoms with E-state index in [2.05, 4.69) is 4.98 Å². The molecule has 16 heavy (non-hydrogen) atoms. The molecule has 1 aromatic heterocycles. The molecule has 1 aromatic rings. The molecule has 5 heteroatoms. The lowest BCUT2D eigenvalue weighted by molar-refractivity contribution is 0.0367. The van der Waals surface area contributed by atoms with Gasteiger partial charge in [0.25, 0.3) is 5.91 Å². The summed E-state index contributed by atoms with van der Waals surface area (Å²) in [5, 5.41) is 9.57. The first kappa shape index (κ1) is 12.4. The Kier molecular flexibility index (Phi) is 3.49. The molecule has 2 N–H and O–H groups in total. The smallest absolute Gasteiger partial charge is 0.259 e. The molecule has 0 aliphatic carbocycles. The van der Waals surface area contributed by atoms with Crippen LogP contribution in [0, 0.1) is 0 Å². The Hall–Kier alpha value is -1.62. The Morgan fingerprint density at radius 3 is 2.69 bits per heavy atom. The van der Waals surface area contributed by atoms with Gasteiger partial charge < -0.3 is 15.0 Å². The number of aromatic amines is 1. The van der Waals surface area contributed by atoms with E-state index in [0.29, 0.717) is 0 Å². The van der Waals surface area contributed by atoms with Gasteiger partial charge in [-0.05, 0) is 13.8 Å². The number of rotatable bonds is 3. The number of nitrogens with zero attached hydrogens (tertiary/aromatic N) is 1. The number of nitrogens with one attached hydrogen (secondary N) is 1. The van der Waals surface area contributed by atoms with Crippen LogP contribution in [0.25, 0.3) is 0 Å². The highest BCUT2D eigenvalue weighted by atomic mass is 16.3. The monoisotopic (exact) mass is 224 g/mol. The predicted molar refractivity (Wildman–Crippen MR) is 60.3 cm³/mol. The molecular formula is C11H16N2O3. The van der Waals surface area contributed by atoms with Crippen LogP contribution in [-0.2, 0) is 0 Å². The van der Waals surface area contributed by atoms with Gasteiger partial charge in [-0.25, -0.2) is 0 Å². The van der Waals surface area contributed by atoms with E-state index in [-0.39, 0.29) is 17.5 Å². The van der Waals surface area contributed by atoms with Crippen molar-refractivity contribution < 1.29 is 9.90 Å². The van der Waals surface area contributed by atoms with Gasteiger partial charge in [-0.1, -0.05) is 0 Å². The van der Waals surface area contributed by atoms with Gasteiger partial charge >= 0.3 is 0 Å². The van der Waals surface area contributed by atoms with Crippen LogP contribution in [0.3, 0.4) is 0 Å². The van der Waals surface area contributed by atoms with E-state index in [1.807, 2.05) is 0 Å². The van der Waals surface area contributed by atoms with Crippen LogP contribution < -0.4 is 5.43 Å². The number of hydrogen-bond donors (Lipinski definition) is 2. The second-order valence-corrected chi connectivity index (χ2v) is 4.40. The third kappa shape index (κ3) is 3.20. The first-order valence-corrected chi connectivity index (χ1v) is 4.96. The maximum atomic E-state index is 11.8. The molecule has 0 saturated heterocycles. The standard InChI is InChI=1S/C11H16N2O3/c1-11(2,16)7-13(3)10(15)8-6-12-5-4-9(8)14/h4-6,16H,7H2,1-3H3,(H,12,14). The maximum Gasteiger partial charge on any atom is 0.259 e. The van der Waals surface area contributed by atoms with E-state index >= 15 is 0 Å². The topological polar surface area (TPSA) is 73.4 Å². The van der Waals surface area contributed by atoms with E-state index in [0.717, 1.165) is 0 Å². The van der Waals surface area contributed by atoms with Crippen molar-refractivity contribution in [1.29, 1.82) is 0 Å². The lowest BCUT2D eigenvalue weighted by atomic mass is 10.1. The minimum absolute atomic E-state index is 0.0780. The molecule has 0 aliphatic heterocycles. The number of carbonyl (C=O) groups is 1. The summed E-state index contributed by atoms with van der Waals surface area (Å²) in [5.41, 5.74) is -1.23. The normalized spacial score (nSPS) is 11.2. The summed E-state index contributed by atoms with van der Waals surface area (Å²) in [7, 11) is 1.55. The third-order valence-electron chi connectivity index (χ3n) is 2.03. The number of carbonyl (C=O) groups excluding carboxylic acids is 1. The molecule has 0 aliphatic rings. The molecule has 1 amide bonds. The molecule has 0 unspecified atom stereocenters. The third-order valence-corrected chi connectivity index (χ3v) is 2.03. The quantitative estimate of drug-likeness (QED) is 0.771. The minimum Gasteiger partial charge on any atom is -0.389 e. The summed E-state index contributed by atoms with van der Waals surface area (Å²) in [6.07, 6.45) is 2.83. The van der Waals surface area contributed by atoms with Crippen LogP contribution in [0.2, 0.25) is 0 Å². The van der Waals surface area contributed by atoms with Crippen LogP contribution in [0.15, 0.2) is 23.3 Å². The highest BCUT2D eigenvalue weighted by Gasteiger charge is 2.21. The predicted octanol–water partition coefficient (Wildman–Crippen LogP) is 0.218. The Morgan fingerprint density at radius 2 is 2.19 bits per heavy atom. The van der Waals surface area contributed by atoms with E-state index in [1.165, 1.54) is 23.4 Å². The second kappa shape index (κ2) is 4.49. The average Bonchev–Trinajstić information content (AvgIpc) is 2.15. The summed E-state index contributed by atoms with van der Waals surface area (Å²) in [4.78, 5) is 27.3. The molecule has 0 atom stereocenters. The highest BCUT2D eigenvalue weighted by molar-refractivity contribution is 5.93. The fourth-order valence-electron chi connectivity index (χ4n) is 1.44. The zero-order valence-corrected chi connectivity index (χ0v) is 9.65. The molecule has 0 fully saturated rings. The minimum atomic E-state index is -0.980. The Bertz CT molecular complexity index is 431. The van der Waals surface area contributed by atoms with Gasteiger partial charge in [-0.3, -0.25) is 9.59 Å². The van der Waals surface area contributed by atoms with Crippen LogP contribution in [0.1, 0.15) is 24.2 Å². The van der Waals surface area contributed by atoms with Crippen molar-refractivity contribution in [3.8, 4) is 0 Å². The zero-order valence-electron chi connectivity index (χ0n) is 9.65. The molecule has 0 saturated carbocycles. The van der Waals surface area contributed by atoms with Crippen molar-refractivity contribution >= 4 is 5.91 Å². The molecular weight excluding hydrogens is 208 g/mol. The molecule has 5 nitrogen and oxygen atoms in total. The Labute approximate surface area is 93.7 Å². The highest BCUT2D eigenvalue weighted by Crippen LogP contribution is 2.05. The number of hydrogen-bond acceptors (Lipinski definition) is 3. The summed E-state index contributed by atoms with van der Waals surface area (Å²) in [6.45, 7) is 3.37. The number of aromatic nitrogens is 1. The number of pyridine rings is 1. The van der Waals surface area contributed by atoms with Crippen LogP contribution in [-0.4, -0.2) is 40.1 Å². The molecule has 0 aromatic carbocycles. The van der Waals surface area contributed by atoms with E-state index < -0.39 is 11.5 Å². The first-order chi connectivity index (χ1) is 7.31. The SMILES string of the molecule is CN(CC(C)(C)O)C(=O)c1c[nH]ccc1=O. The van der Waals surface area contributed by atoms with E-state index in [1.54, 1.807) is 20.9 Å². The molecule has 88 valence electrons. The fourth-order valence-corrected chi connectivity index (χ4v) is 1.44.